The summed E-state index contributed by atoms with van der Waals surface area (Å²) in [5.41, 5.74) is 5.78. The van der Waals surface area contributed by atoms with Gasteiger partial charge in [-0.3, -0.25) is 0 Å². The first-order chi connectivity index (χ1) is 8.60. The van der Waals surface area contributed by atoms with E-state index in [1.165, 1.54) is 11.1 Å². The Morgan fingerprint density at radius 2 is 1.72 bits per heavy atom. The van der Waals surface area contributed by atoms with Crippen LogP contribution in [0.25, 0.3) is 11.3 Å². The standard InChI is InChI=1S/C15H19N3/c1-5-16-15-17-9-12(4)14(18-15)13-7-10(2)6-11(3)8-13/h6-9H,5H2,1-4H3,(H,16,17,18). The first-order valence-electron chi connectivity index (χ1n) is 6.26. The van der Waals surface area contributed by atoms with Gasteiger partial charge in [0.05, 0.1) is 5.69 Å². The van der Waals surface area contributed by atoms with Gasteiger partial charge in [0.15, 0.2) is 0 Å². The van der Waals surface area contributed by atoms with Crippen molar-refractivity contribution in [1.82, 2.24) is 9.97 Å². The molecular weight excluding hydrogens is 222 g/mol. The van der Waals surface area contributed by atoms with Crippen molar-refractivity contribution in [1.29, 1.82) is 0 Å². The summed E-state index contributed by atoms with van der Waals surface area (Å²) in [6.07, 6.45) is 1.87. The summed E-state index contributed by atoms with van der Waals surface area (Å²) < 4.78 is 0. The maximum Gasteiger partial charge on any atom is 0.223 e. The maximum absolute atomic E-state index is 4.59. The molecule has 2 aromatic rings. The van der Waals surface area contributed by atoms with E-state index < -0.39 is 0 Å². The van der Waals surface area contributed by atoms with Crippen molar-refractivity contribution in [3.05, 3.63) is 41.1 Å². The van der Waals surface area contributed by atoms with Gasteiger partial charge >= 0.3 is 0 Å². The molecule has 0 aliphatic heterocycles. The minimum atomic E-state index is 0.692. The van der Waals surface area contributed by atoms with E-state index in [9.17, 15) is 0 Å². The lowest BCUT2D eigenvalue weighted by atomic mass is 10.0. The first-order valence-corrected chi connectivity index (χ1v) is 6.26. The minimum absolute atomic E-state index is 0.692. The van der Waals surface area contributed by atoms with E-state index in [0.717, 1.165) is 23.4 Å². The van der Waals surface area contributed by atoms with Gasteiger partial charge in [-0.1, -0.05) is 17.2 Å². The highest BCUT2D eigenvalue weighted by Crippen LogP contribution is 2.24. The molecule has 0 aliphatic carbocycles. The highest BCUT2D eigenvalue weighted by Gasteiger charge is 2.07. The van der Waals surface area contributed by atoms with E-state index in [1.54, 1.807) is 0 Å². The number of anilines is 1. The van der Waals surface area contributed by atoms with Crippen LogP contribution in [-0.4, -0.2) is 16.5 Å². The molecule has 3 heteroatoms. The number of nitrogens with zero attached hydrogens (tertiary/aromatic N) is 2. The summed E-state index contributed by atoms with van der Waals surface area (Å²) in [6, 6.07) is 6.50. The highest BCUT2D eigenvalue weighted by molar-refractivity contribution is 5.65. The van der Waals surface area contributed by atoms with Crippen molar-refractivity contribution in [3.8, 4) is 11.3 Å². The Morgan fingerprint density at radius 3 is 2.33 bits per heavy atom. The molecule has 0 saturated carbocycles. The minimum Gasteiger partial charge on any atom is -0.354 e. The third-order valence-electron chi connectivity index (χ3n) is 2.80. The highest BCUT2D eigenvalue weighted by atomic mass is 15.1. The molecular formula is C15H19N3. The number of aryl methyl sites for hydroxylation is 3. The van der Waals surface area contributed by atoms with Crippen LogP contribution in [-0.2, 0) is 0 Å². The van der Waals surface area contributed by atoms with Crippen LogP contribution in [0.15, 0.2) is 24.4 Å². The van der Waals surface area contributed by atoms with Crippen LogP contribution >= 0.6 is 0 Å². The van der Waals surface area contributed by atoms with Crippen LogP contribution in [0.2, 0.25) is 0 Å². The second kappa shape index (κ2) is 5.17. The summed E-state index contributed by atoms with van der Waals surface area (Å²) in [6.45, 7) is 9.13. The SMILES string of the molecule is CCNc1ncc(C)c(-c2cc(C)cc(C)c2)n1. The molecule has 1 aromatic carbocycles. The molecule has 0 atom stereocenters. The van der Waals surface area contributed by atoms with Gasteiger partial charge in [-0.25, -0.2) is 9.97 Å². The van der Waals surface area contributed by atoms with Crippen LogP contribution in [0, 0.1) is 20.8 Å². The first kappa shape index (κ1) is 12.6. The van der Waals surface area contributed by atoms with Crippen LogP contribution in [0.4, 0.5) is 5.95 Å². The Kier molecular flexibility index (Phi) is 3.60. The Hall–Kier alpha value is -1.90. The number of rotatable bonds is 3. The average Bonchev–Trinajstić information content (AvgIpc) is 2.30. The van der Waals surface area contributed by atoms with E-state index >= 15 is 0 Å². The Balaban J connectivity index is 2.51. The maximum atomic E-state index is 4.59. The fourth-order valence-electron chi connectivity index (χ4n) is 2.09. The predicted octanol–water partition coefficient (Wildman–Crippen LogP) is 3.50. The van der Waals surface area contributed by atoms with E-state index in [1.807, 2.05) is 20.0 Å². The zero-order valence-electron chi connectivity index (χ0n) is 11.4. The third-order valence-corrected chi connectivity index (χ3v) is 2.80. The van der Waals surface area contributed by atoms with Crippen LogP contribution in [0.1, 0.15) is 23.6 Å². The van der Waals surface area contributed by atoms with Gasteiger partial charge in [-0.2, -0.15) is 0 Å². The quantitative estimate of drug-likeness (QED) is 0.893. The zero-order chi connectivity index (χ0) is 13.1. The van der Waals surface area contributed by atoms with Crippen LogP contribution in [0.5, 0.6) is 0 Å². The van der Waals surface area contributed by atoms with Crippen molar-refractivity contribution in [2.75, 3.05) is 11.9 Å². The lowest BCUT2D eigenvalue weighted by Crippen LogP contribution is -2.03. The smallest absolute Gasteiger partial charge is 0.223 e. The molecule has 0 spiro atoms. The number of hydrogen-bond acceptors (Lipinski definition) is 3. The van der Waals surface area contributed by atoms with E-state index in [2.05, 4.69) is 47.3 Å². The van der Waals surface area contributed by atoms with Crippen molar-refractivity contribution in [3.63, 3.8) is 0 Å². The summed E-state index contributed by atoms with van der Waals surface area (Å²) in [5.74, 6) is 0.692. The summed E-state index contributed by atoms with van der Waals surface area (Å²) in [7, 11) is 0. The van der Waals surface area contributed by atoms with E-state index in [4.69, 9.17) is 0 Å². The molecule has 2 rings (SSSR count). The molecule has 0 fully saturated rings. The lowest BCUT2D eigenvalue weighted by Gasteiger charge is -2.09. The fourth-order valence-corrected chi connectivity index (χ4v) is 2.09. The largest absolute Gasteiger partial charge is 0.354 e. The lowest BCUT2D eigenvalue weighted by molar-refractivity contribution is 1.07. The summed E-state index contributed by atoms with van der Waals surface area (Å²) in [5, 5.41) is 3.15. The molecule has 1 N–H and O–H groups in total. The molecule has 1 aromatic heterocycles. The number of nitrogens with one attached hydrogen (secondary N) is 1. The van der Waals surface area contributed by atoms with E-state index in [0.29, 0.717) is 5.95 Å². The van der Waals surface area contributed by atoms with Crippen LogP contribution < -0.4 is 5.32 Å². The second-order valence-corrected chi connectivity index (χ2v) is 4.63. The predicted molar refractivity (Wildman–Crippen MR) is 75.8 cm³/mol. The van der Waals surface area contributed by atoms with Crippen molar-refractivity contribution >= 4 is 5.95 Å². The zero-order valence-corrected chi connectivity index (χ0v) is 11.4. The molecule has 0 saturated heterocycles. The molecule has 0 bridgehead atoms. The monoisotopic (exact) mass is 241 g/mol. The van der Waals surface area contributed by atoms with Crippen molar-refractivity contribution < 1.29 is 0 Å². The van der Waals surface area contributed by atoms with Gasteiger partial charge in [0, 0.05) is 18.3 Å². The van der Waals surface area contributed by atoms with Gasteiger partial charge in [0.2, 0.25) is 5.95 Å². The van der Waals surface area contributed by atoms with Crippen molar-refractivity contribution in [2.24, 2.45) is 0 Å². The summed E-state index contributed by atoms with van der Waals surface area (Å²) >= 11 is 0. The number of aromatic nitrogens is 2. The van der Waals surface area contributed by atoms with E-state index in [-0.39, 0.29) is 0 Å². The van der Waals surface area contributed by atoms with Gasteiger partial charge in [-0.05, 0) is 45.4 Å². The second-order valence-electron chi connectivity index (χ2n) is 4.63. The fraction of sp³-hybridized carbons (Fsp3) is 0.333. The number of benzene rings is 1. The van der Waals surface area contributed by atoms with Gasteiger partial charge in [0.1, 0.15) is 0 Å². The molecule has 0 amide bonds. The third kappa shape index (κ3) is 2.67. The van der Waals surface area contributed by atoms with Gasteiger partial charge < -0.3 is 5.32 Å². The Bertz CT molecular complexity index is 541. The summed E-state index contributed by atoms with van der Waals surface area (Å²) in [4.78, 5) is 8.87. The van der Waals surface area contributed by atoms with Gasteiger partial charge in [-0.15, -0.1) is 0 Å². The topological polar surface area (TPSA) is 37.8 Å². The molecule has 94 valence electrons. The van der Waals surface area contributed by atoms with Crippen molar-refractivity contribution in [2.45, 2.75) is 27.7 Å². The van der Waals surface area contributed by atoms with Gasteiger partial charge in [0.25, 0.3) is 0 Å². The molecule has 0 aliphatic rings. The molecule has 18 heavy (non-hydrogen) atoms. The Morgan fingerprint density at radius 1 is 1.06 bits per heavy atom. The molecule has 0 radical (unpaired) electrons. The van der Waals surface area contributed by atoms with Crippen LogP contribution in [0.3, 0.4) is 0 Å². The molecule has 1 heterocycles. The average molecular weight is 241 g/mol. The number of hydrogen-bond donors (Lipinski definition) is 1. The normalized spacial score (nSPS) is 10.4. The Labute approximate surface area is 108 Å². The molecule has 0 unspecified atom stereocenters. The molecule has 3 nitrogen and oxygen atoms in total.